The topological polar surface area (TPSA) is 73.4 Å². The summed E-state index contributed by atoms with van der Waals surface area (Å²) in [5.74, 6) is -2.27. The van der Waals surface area contributed by atoms with Gasteiger partial charge in [-0.25, -0.2) is 4.39 Å². The van der Waals surface area contributed by atoms with Crippen LogP contribution in [0.5, 0.6) is 0 Å². The summed E-state index contributed by atoms with van der Waals surface area (Å²) in [6, 6.07) is 20.9. The Morgan fingerprint density at radius 2 is 1.58 bits per heavy atom. The van der Waals surface area contributed by atoms with Crippen molar-refractivity contribution in [2.24, 2.45) is 0 Å². The highest BCUT2D eigenvalue weighted by Gasteiger charge is 2.47. The Bertz CT molecular complexity index is 1340. The maximum absolute atomic E-state index is 13.5. The van der Waals surface area contributed by atoms with Crippen molar-refractivity contribution in [3.05, 3.63) is 108 Å². The van der Waals surface area contributed by atoms with Crippen LogP contribution in [-0.4, -0.2) is 21.8 Å². The molecule has 1 fully saturated rings. The van der Waals surface area contributed by atoms with Crippen LogP contribution in [0.1, 0.15) is 17.2 Å². The molecule has 2 N–H and O–H groups in total. The van der Waals surface area contributed by atoms with Crippen LogP contribution in [0.2, 0.25) is 0 Å². The number of H-pyrrole nitrogens is 1. The number of hydrogen-bond acceptors (Lipinski definition) is 3. The lowest BCUT2D eigenvalue weighted by Crippen LogP contribution is -2.29. The molecule has 5 rings (SSSR count). The molecule has 0 spiro atoms. The average molecular weight is 412 g/mol. The third-order valence-corrected chi connectivity index (χ3v) is 5.51. The van der Waals surface area contributed by atoms with Crippen molar-refractivity contribution < 1.29 is 19.1 Å². The molecule has 1 atom stereocenters. The van der Waals surface area contributed by atoms with Crippen LogP contribution in [0.25, 0.3) is 16.7 Å². The second kappa shape index (κ2) is 7.25. The van der Waals surface area contributed by atoms with Gasteiger partial charge in [0.25, 0.3) is 11.7 Å². The summed E-state index contributed by atoms with van der Waals surface area (Å²) in [5.41, 5.74) is 2.26. The van der Waals surface area contributed by atoms with E-state index >= 15 is 0 Å². The fourth-order valence-corrected chi connectivity index (χ4v) is 4.06. The van der Waals surface area contributed by atoms with Gasteiger partial charge in [-0.05, 0) is 35.9 Å². The number of aliphatic hydroxyl groups is 1. The summed E-state index contributed by atoms with van der Waals surface area (Å²) in [6.45, 7) is 0. The summed E-state index contributed by atoms with van der Waals surface area (Å²) in [5, 5.41) is 12.0. The molecule has 1 unspecified atom stereocenters. The van der Waals surface area contributed by atoms with Gasteiger partial charge in [0.15, 0.2) is 0 Å². The monoisotopic (exact) mass is 412 g/mol. The number of benzene rings is 3. The smallest absolute Gasteiger partial charge is 0.300 e. The lowest BCUT2D eigenvalue weighted by atomic mass is 9.95. The standard InChI is InChI=1S/C25H17FN2O3/c26-16-10-12-17(13-11-16)28-22(15-6-2-1-3-7-15)21(24(30)25(28)31)23(29)19-14-27-20-9-5-4-8-18(19)20/h1-14,22,27,29H/b23-21-. The summed E-state index contributed by atoms with van der Waals surface area (Å²) in [4.78, 5) is 30.6. The summed E-state index contributed by atoms with van der Waals surface area (Å²) in [7, 11) is 0. The van der Waals surface area contributed by atoms with Gasteiger partial charge in [-0.15, -0.1) is 0 Å². The number of rotatable bonds is 3. The Kier molecular flexibility index (Phi) is 4.40. The molecule has 0 bridgehead atoms. The van der Waals surface area contributed by atoms with Gasteiger partial charge in [0.2, 0.25) is 0 Å². The van der Waals surface area contributed by atoms with E-state index in [0.29, 0.717) is 16.8 Å². The van der Waals surface area contributed by atoms with E-state index in [9.17, 15) is 19.1 Å². The molecule has 4 aromatic rings. The fourth-order valence-electron chi connectivity index (χ4n) is 4.06. The second-order valence-electron chi connectivity index (χ2n) is 7.30. The molecule has 1 aromatic heterocycles. The van der Waals surface area contributed by atoms with E-state index in [1.165, 1.54) is 29.2 Å². The normalized spacial score (nSPS) is 18.1. The first-order chi connectivity index (χ1) is 15.1. The molecule has 0 saturated carbocycles. The average Bonchev–Trinajstić information content (AvgIpc) is 3.34. The van der Waals surface area contributed by atoms with Gasteiger partial charge in [0.1, 0.15) is 11.6 Å². The Hall–Kier alpha value is -4.19. The Balaban J connectivity index is 1.75. The van der Waals surface area contributed by atoms with Crippen LogP contribution >= 0.6 is 0 Å². The van der Waals surface area contributed by atoms with Crippen molar-refractivity contribution in [2.45, 2.75) is 6.04 Å². The van der Waals surface area contributed by atoms with Crippen molar-refractivity contribution in [1.29, 1.82) is 0 Å². The largest absolute Gasteiger partial charge is 0.507 e. The molecule has 2 heterocycles. The SMILES string of the molecule is O=C1C(=O)N(c2ccc(F)cc2)C(c2ccccc2)/C1=C(/O)c1c[nH]c2ccccc12. The third-order valence-electron chi connectivity index (χ3n) is 5.51. The van der Waals surface area contributed by atoms with E-state index in [0.717, 1.165) is 10.9 Å². The molecule has 1 aliphatic heterocycles. The number of anilines is 1. The minimum Gasteiger partial charge on any atom is -0.507 e. The van der Waals surface area contributed by atoms with Crippen LogP contribution in [0.4, 0.5) is 10.1 Å². The molecule has 6 heteroatoms. The number of nitrogens with one attached hydrogen (secondary N) is 1. The Morgan fingerprint density at radius 1 is 0.903 bits per heavy atom. The number of carbonyl (C=O) groups excluding carboxylic acids is 2. The number of ketones is 1. The summed E-state index contributed by atoms with van der Waals surface area (Å²) >= 11 is 0. The number of aliphatic hydroxyl groups excluding tert-OH is 1. The molecule has 3 aromatic carbocycles. The van der Waals surface area contributed by atoms with E-state index in [1.54, 1.807) is 30.5 Å². The number of para-hydroxylation sites is 1. The van der Waals surface area contributed by atoms with E-state index in [2.05, 4.69) is 4.98 Å². The molecule has 0 radical (unpaired) electrons. The molecule has 0 aliphatic carbocycles. The zero-order chi connectivity index (χ0) is 21.5. The van der Waals surface area contributed by atoms with Crippen molar-refractivity contribution in [1.82, 2.24) is 4.98 Å². The predicted octanol–water partition coefficient (Wildman–Crippen LogP) is 4.93. The van der Waals surface area contributed by atoms with Crippen LogP contribution in [-0.2, 0) is 9.59 Å². The highest BCUT2D eigenvalue weighted by atomic mass is 19.1. The molecule has 152 valence electrons. The van der Waals surface area contributed by atoms with Crippen LogP contribution in [0.3, 0.4) is 0 Å². The highest BCUT2D eigenvalue weighted by molar-refractivity contribution is 6.51. The van der Waals surface area contributed by atoms with E-state index < -0.39 is 23.5 Å². The minimum absolute atomic E-state index is 0.00900. The van der Waals surface area contributed by atoms with E-state index in [4.69, 9.17) is 0 Å². The molecular weight excluding hydrogens is 395 g/mol. The molecule has 31 heavy (non-hydrogen) atoms. The number of aromatic amines is 1. The second-order valence-corrected chi connectivity index (χ2v) is 7.30. The molecule has 1 saturated heterocycles. The summed E-state index contributed by atoms with van der Waals surface area (Å²) < 4.78 is 13.5. The van der Waals surface area contributed by atoms with Gasteiger partial charge in [0, 0.05) is 28.4 Å². The predicted molar refractivity (Wildman–Crippen MR) is 116 cm³/mol. The lowest BCUT2D eigenvalue weighted by Gasteiger charge is -2.25. The number of amides is 1. The molecule has 1 aliphatic rings. The Labute approximate surface area is 177 Å². The van der Waals surface area contributed by atoms with E-state index in [1.807, 2.05) is 30.3 Å². The van der Waals surface area contributed by atoms with Gasteiger partial charge in [-0.2, -0.15) is 0 Å². The Morgan fingerprint density at radius 3 is 2.32 bits per heavy atom. The first kappa shape index (κ1) is 18.8. The third kappa shape index (κ3) is 3.00. The maximum atomic E-state index is 13.5. The van der Waals surface area contributed by atoms with Crippen molar-refractivity contribution in [3.63, 3.8) is 0 Å². The minimum atomic E-state index is -0.847. The van der Waals surface area contributed by atoms with Crippen molar-refractivity contribution in [3.8, 4) is 0 Å². The fraction of sp³-hybridized carbons (Fsp3) is 0.0400. The highest BCUT2D eigenvalue weighted by Crippen LogP contribution is 2.42. The lowest BCUT2D eigenvalue weighted by molar-refractivity contribution is -0.132. The van der Waals surface area contributed by atoms with Gasteiger partial charge in [-0.3, -0.25) is 14.5 Å². The summed E-state index contributed by atoms with van der Waals surface area (Å²) in [6.07, 6.45) is 1.62. The van der Waals surface area contributed by atoms with E-state index in [-0.39, 0.29) is 11.3 Å². The molecule has 1 amide bonds. The van der Waals surface area contributed by atoms with Gasteiger partial charge in [0.05, 0.1) is 11.6 Å². The first-order valence-corrected chi connectivity index (χ1v) is 9.74. The quantitative estimate of drug-likeness (QED) is 0.285. The number of Topliss-reactive ketones (excluding diaryl/α,β-unsaturated/α-hetero) is 1. The van der Waals surface area contributed by atoms with Crippen LogP contribution in [0, 0.1) is 5.82 Å². The van der Waals surface area contributed by atoms with Crippen LogP contribution < -0.4 is 4.90 Å². The number of carbonyl (C=O) groups is 2. The van der Waals surface area contributed by atoms with Crippen molar-refractivity contribution >= 4 is 34.0 Å². The van der Waals surface area contributed by atoms with Gasteiger partial charge < -0.3 is 10.1 Å². The zero-order valence-corrected chi connectivity index (χ0v) is 16.2. The number of aromatic nitrogens is 1. The van der Waals surface area contributed by atoms with Gasteiger partial charge >= 0.3 is 0 Å². The number of fused-ring (bicyclic) bond motifs is 1. The van der Waals surface area contributed by atoms with Crippen LogP contribution in [0.15, 0.2) is 90.6 Å². The van der Waals surface area contributed by atoms with Crippen molar-refractivity contribution in [2.75, 3.05) is 4.90 Å². The molecule has 5 nitrogen and oxygen atoms in total. The number of hydrogen-bond donors (Lipinski definition) is 2. The van der Waals surface area contributed by atoms with Gasteiger partial charge in [-0.1, -0.05) is 48.5 Å². The number of halogens is 1. The number of nitrogens with zero attached hydrogens (tertiary/aromatic N) is 1. The maximum Gasteiger partial charge on any atom is 0.300 e. The zero-order valence-electron chi connectivity index (χ0n) is 16.2. The molecular formula is C25H17FN2O3. The first-order valence-electron chi connectivity index (χ1n) is 9.74.